The van der Waals surface area contributed by atoms with Crippen LogP contribution in [0.3, 0.4) is 0 Å². The number of benzene rings is 2. The Bertz CT molecular complexity index is 630. The summed E-state index contributed by atoms with van der Waals surface area (Å²) in [6.07, 6.45) is 0. The molecule has 0 aliphatic heterocycles. The molecule has 1 atom stereocenters. The maximum Gasteiger partial charge on any atom is 0.142 e. The first-order valence-corrected chi connectivity index (χ1v) is 6.50. The largest absolute Gasteiger partial charge is 0.309 e. The molecule has 0 aliphatic rings. The van der Waals surface area contributed by atoms with Crippen molar-refractivity contribution in [1.29, 1.82) is 0 Å². The number of rotatable bonds is 3. The van der Waals surface area contributed by atoms with Crippen molar-refractivity contribution in [2.75, 3.05) is 7.05 Å². The van der Waals surface area contributed by atoms with Crippen LogP contribution in [-0.2, 0) is 0 Å². The summed E-state index contributed by atoms with van der Waals surface area (Å²) in [6, 6.07) is 2.62. The molecule has 1 N–H and O–H groups in total. The lowest BCUT2D eigenvalue weighted by Gasteiger charge is -2.19. The predicted molar refractivity (Wildman–Crippen MR) is 73.4 cm³/mol. The van der Waals surface area contributed by atoms with Gasteiger partial charge in [0.05, 0.1) is 11.1 Å². The molecule has 0 aromatic heterocycles. The maximum atomic E-state index is 14.0. The van der Waals surface area contributed by atoms with Gasteiger partial charge < -0.3 is 5.32 Å². The van der Waals surface area contributed by atoms with E-state index < -0.39 is 29.3 Å². The van der Waals surface area contributed by atoms with Gasteiger partial charge in [-0.15, -0.1) is 0 Å². The van der Waals surface area contributed by atoms with Gasteiger partial charge in [0.2, 0.25) is 0 Å². The molecule has 2 rings (SSSR count). The molecule has 0 spiro atoms. The van der Waals surface area contributed by atoms with Crippen molar-refractivity contribution in [3.8, 4) is 0 Å². The van der Waals surface area contributed by atoms with Crippen molar-refractivity contribution in [3.05, 3.63) is 69.2 Å². The third-order valence-corrected chi connectivity index (χ3v) is 3.52. The Morgan fingerprint density at radius 3 is 1.95 bits per heavy atom. The Hall–Kier alpha value is -1.59. The number of hydrogen-bond donors (Lipinski definition) is 1. The Balaban J connectivity index is 2.60. The van der Waals surface area contributed by atoms with E-state index in [0.717, 1.165) is 24.3 Å². The minimum atomic E-state index is -1.04. The molecule has 112 valence electrons. The fourth-order valence-electron chi connectivity index (χ4n) is 2.12. The molecule has 0 bridgehead atoms. The highest BCUT2D eigenvalue weighted by atomic mass is 35.5. The fraction of sp³-hybridized carbons (Fsp3) is 0.200. The van der Waals surface area contributed by atoms with E-state index in [9.17, 15) is 17.6 Å². The van der Waals surface area contributed by atoms with E-state index in [1.54, 1.807) is 0 Å². The van der Waals surface area contributed by atoms with E-state index in [1.165, 1.54) is 14.0 Å². The van der Waals surface area contributed by atoms with E-state index in [2.05, 4.69) is 5.32 Å². The Morgan fingerprint density at radius 2 is 1.38 bits per heavy atom. The van der Waals surface area contributed by atoms with Gasteiger partial charge in [0.15, 0.2) is 0 Å². The van der Waals surface area contributed by atoms with Crippen LogP contribution in [0.1, 0.15) is 22.7 Å². The van der Waals surface area contributed by atoms with Crippen LogP contribution in [0.25, 0.3) is 0 Å². The van der Waals surface area contributed by atoms with Crippen LogP contribution in [0, 0.1) is 30.2 Å². The minimum absolute atomic E-state index is 0.110. The molecule has 0 saturated heterocycles. The number of halogens is 5. The van der Waals surface area contributed by atoms with E-state index in [4.69, 9.17) is 11.6 Å². The normalized spacial score (nSPS) is 12.5. The summed E-state index contributed by atoms with van der Waals surface area (Å²) >= 11 is 5.49. The number of nitrogens with one attached hydrogen (secondary N) is 1. The second kappa shape index (κ2) is 6.03. The zero-order chi connectivity index (χ0) is 15.7. The van der Waals surface area contributed by atoms with Crippen LogP contribution in [0.5, 0.6) is 0 Å². The molecule has 2 aromatic carbocycles. The molecule has 0 radical (unpaired) electrons. The molecular formula is C15H12ClF4N. The van der Waals surface area contributed by atoms with Gasteiger partial charge in [-0.1, -0.05) is 11.6 Å². The lowest BCUT2D eigenvalue weighted by molar-refractivity contribution is 0.528. The van der Waals surface area contributed by atoms with Crippen molar-refractivity contribution < 1.29 is 17.6 Å². The Labute approximate surface area is 124 Å². The highest BCUT2D eigenvalue weighted by Gasteiger charge is 2.22. The molecule has 2 aromatic rings. The first-order chi connectivity index (χ1) is 9.85. The third kappa shape index (κ3) is 3.04. The Kier molecular flexibility index (Phi) is 4.54. The van der Waals surface area contributed by atoms with Gasteiger partial charge in [-0.2, -0.15) is 0 Å². The second-order valence-electron chi connectivity index (χ2n) is 4.63. The summed E-state index contributed by atoms with van der Waals surface area (Å²) in [5.41, 5.74) is -0.128. The molecule has 0 aliphatic carbocycles. The molecule has 21 heavy (non-hydrogen) atoms. The van der Waals surface area contributed by atoms with Crippen LogP contribution in [0.2, 0.25) is 5.02 Å². The van der Waals surface area contributed by atoms with Crippen molar-refractivity contribution in [2.24, 2.45) is 0 Å². The molecule has 0 fully saturated rings. The van der Waals surface area contributed by atoms with Crippen molar-refractivity contribution in [2.45, 2.75) is 13.0 Å². The third-order valence-electron chi connectivity index (χ3n) is 3.23. The molecular weight excluding hydrogens is 306 g/mol. The number of hydrogen-bond acceptors (Lipinski definition) is 1. The van der Waals surface area contributed by atoms with E-state index in [-0.39, 0.29) is 21.7 Å². The van der Waals surface area contributed by atoms with Gasteiger partial charge in [0.1, 0.15) is 23.3 Å². The summed E-state index contributed by atoms with van der Waals surface area (Å²) in [7, 11) is 1.44. The molecule has 0 amide bonds. The van der Waals surface area contributed by atoms with Gasteiger partial charge >= 0.3 is 0 Å². The molecule has 0 saturated carbocycles. The lowest BCUT2D eigenvalue weighted by Crippen LogP contribution is -2.21. The van der Waals surface area contributed by atoms with Crippen molar-refractivity contribution in [3.63, 3.8) is 0 Å². The first-order valence-electron chi connectivity index (χ1n) is 6.12. The van der Waals surface area contributed by atoms with Crippen LogP contribution >= 0.6 is 11.6 Å². The summed E-state index contributed by atoms with van der Waals surface area (Å²) in [4.78, 5) is 0. The first kappa shape index (κ1) is 15.8. The highest BCUT2D eigenvalue weighted by Crippen LogP contribution is 2.30. The lowest BCUT2D eigenvalue weighted by atomic mass is 9.96. The van der Waals surface area contributed by atoms with Crippen LogP contribution in [0.15, 0.2) is 24.3 Å². The average molecular weight is 318 g/mol. The molecule has 6 heteroatoms. The summed E-state index contributed by atoms with van der Waals surface area (Å²) in [5.74, 6) is -2.97. The average Bonchev–Trinajstić information content (AvgIpc) is 2.42. The minimum Gasteiger partial charge on any atom is -0.309 e. The molecule has 0 heterocycles. The standard InChI is InChI=1S/C15H12ClF4N/c1-7-3-12(18)8(4-11(7)17)15(21-2)9-5-14(20)10(16)6-13(9)19/h3-6,15,21H,1-2H3. The highest BCUT2D eigenvalue weighted by molar-refractivity contribution is 6.30. The Morgan fingerprint density at radius 1 is 0.857 bits per heavy atom. The van der Waals surface area contributed by atoms with Gasteiger partial charge in [-0.3, -0.25) is 0 Å². The number of aryl methyl sites for hydroxylation is 1. The quantitative estimate of drug-likeness (QED) is 0.648. The maximum absolute atomic E-state index is 14.0. The summed E-state index contributed by atoms with van der Waals surface area (Å²) < 4.78 is 55.1. The van der Waals surface area contributed by atoms with Gasteiger partial charge in [0, 0.05) is 11.1 Å². The van der Waals surface area contributed by atoms with Gasteiger partial charge in [0.25, 0.3) is 0 Å². The smallest absolute Gasteiger partial charge is 0.142 e. The van der Waals surface area contributed by atoms with Crippen molar-refractivity contribution >= 4 is 11.6 Å². The van der Waals surface area contributed by atoms with Crippen LogP contribution in [-0.4, -0.2) is 7.05 Å². The molecule has 1 unspecified atom stereocenters. The predicted octanol–water partition coefficient (Wildman–Crippen LogP) is 4.51. The van der Waals surface area contributed by atoms with Gasteiger partial charge in [-0.25, -0.2) is 17.6 Å². The van der Waals surface area contributed by atoms with Crippen LogP contribution < -0.4 is 5.32 Å². The zero-order valence-corrected chi connectivity index (χ0v) is 12.0. The van der Waals surface area contributed by atoms with E-state index in [0.29, 0.717) is 0 Å². The van der Waals surface area contributed by atoms with Crippen molar-refractivity contribution in [1.82, 2.24) is 5.32 Å². The molecule has 1 nitrogen and oxygen atoms in total. The van der Waals surface area contributed by atoms with E-state index >= 15 is 0 Å². The van der Waals surface area contributed by atoms with E-state index in [1.807, 2.05) is 0 Å². The topological polar surface area (TPSA) is 12.0 Å². The second-order valence-corrected chi connectivity index (χ2v) is 5.04. The van der Waals surface area contributed by atoms with Gasteiger partial charge in [-0.05, 0) is 43.8 Å². The fourth-order valence-corrected chi connectivity index (χ4v) is 2.27. The zero-order valence-electron chi connectivity index (χ0n) is 11.3. The SMILES string of the molecule is CNC(c1cc(F)c(C)cc1F)c1cc(F)c(Cl)cc1F. The summed E-state index contributed by atoms with van der Waals surface area (Å²) in [6.45, 7) is 1.42. The monoisotopic (exact) mass is 317 g/mol. The summed E-state index contributed by atoms with van der Waals surface area (Å²) in [5, 5.41) is 2.28. The van der Waals surface area contributed by atoms with Crippen LogP contribution in [0.4, 0.5) is 17.6 Å².